The molecular formula is C15H24N2O2. The second kappa shape index (κ2) is 5.37. The summed E-state index contributed by atoms with van der Waals surface area (Å²) in [6, 6.07) is 3.84. The SMILES string of the molecule is CC(C)(C)CN1CCC(n2cccc2C(=O)O)CC1. The first-order valence-electron chi connectivity index (χ1n) is 6.99. The molecule has 1 aromatic heterocycles. The summed E-state index contributed by atoms with van der Waals surface area (Å²) in [5.74, 6) is -0.831. The molecule has 1 aromatic rings. The molecule has 0 aliphatic carbocycles. The normalized spacial score (nSPS) is 18.7. The maximum Gasteiger partial charge on any atom is 0.352 e. The number of carbonyl (C=O) groups is 1. The zero-order chi connectivity index (χ0) is 14.0. The van der Waals surface area contributed by atoms with Crippen molar-refractivity contribution >= 4 is 5.97 Å². The molecule has 19 heavy (non-hydrogen) atoms. The average molecular weight is 264 g/mol. The van der Waals surface area contributed by atoms with Crippen molar-refractivity contribution in [2.75, 3.05) is 19.6 Å². The van der Waals surface area contributed by atoms with Crippen LogP contribution in [0.5, 0.6) is 0 Å². The molecule has 1 aliphatic heterocycles. The molecule has 4 heteroatoms. The predicted molar refractivity (Wildman–Crippen MR) is 75.6 cm³/mol. The van der Waals surface area contributed by atoms with Crippen LogP contribution in [0.3, 0.4) is 0 Å². The summed E-state index contributed by atoms with van der Waals surface area (Å²) < 4.78 is 1.93. The summed E-state index contributed by atoms with van der Waals surface area (Å²) in [6.45, 7) is 9.99. The van der Waals surface area contributed by atoms with E-state index in [9.17, 15) is 4.79 Å². The molecule has 0 unspecified atom stereocenters. The Hall–Kier alpha value is -1.29. The number of piperidine rings is 1. The molecule has 0 atom stereocenters. The Kier molecular flexibility index (Phi) is 3.99. The van der Waals surface area contributed by atoms with Crippen molar-refractivity contribution in [1.82, 2.24) is 9.47 Å². The van der Waals surface area contributed by atoms with Crippen LogP contribution in [-0.4, -0.2) is 40.2 Å². The molecule has 0 radical (unpaired) electrons. The lowest BCUT2D eigenvalue weighted by Gasteiger charge is -2.36. The van der Waals surface area contributed by atoms with Gasteiger partial charge in [0, 0.05) is 31.9 Å². The van der Waals surface area contributed by atoms with Gasteiger partial charge in [0.15, 0.2) is 0 Å². The number of nitrogens with zero attached hydrogens (tertiary/aromatic N) is 2. The molecule has 106 valence electrons. The van der Waals surface area contributed by atoms with E-state index in [0.29, 0.717) is 17.2 Å². The Morgan fingerprint density at radius 1 is 1.37 bits per heavy atom. The third-order valence-electron chi connectivity index (χ3n) is 3.65. The standard InChI is InChI=1S/C15H24N2O2/c1-15(2,3)11-16-9-6-12(7-10-16)17-8-4-5-13(17)14(18)19/h4-5,8,12H,6-7,9-11H2,1-3H3,(H,18,19). The zero-order valence-electron chi connectivity index (χ0n) is 12.1. The van der Waals surface area contributed by atoms with E-state index in [1.54, 1.807) is 6.07 Å². The smallest absolute Gasteiger partial charge is 0.352 e. The minimum Gasteiger partial charge on any atom is -0.477 e. The fourth-order valence-corrected chi connectivity index (χ4v) is 2.92. The van der Waals surface area contributed by atoms with E-state index >= 15 is 0 Å². The first-order chi connectivity index (χ1) is 8.87. The number of aromatic nitrogens is 1. The van der Waals surface area contributed by atoms with E-state index in [0.717, 1.165) is 32.5 Å². The van der Waals surface area contributed by atoms with Gasteiger partial charge in [0.1, 0.15) is 5.69 Å². The number of hydrogen-bond acceptors (Lipinski definition) is 2. The number of likely N-dealkylation sites (tertiary alicyclic amines) is 1. The quantitative estimate of drug-likeness (QED) is 0.913. The minimum atomic E-state index is -0.831. The summed E-state index contributed by atoms with van der Waals surface area (Å²) in [4.78, 5) is 13.6. The fraction of sp³-hybridized carbons (Fsp3) is 0.667. The van der Waals surface area contributed by atoms with Gasteiger partial charge >= 0.3 is 5.97 Å². The number of rotatable bonds is 3. The zero-order valence-corrected chi connectivity index (χ0v) is 12.1. The largest absolute Gasteiger partial charge is 0.477 e. The Labute approximate surface area is 115 Å². The highest BCUT2D eigenvalue weighted by molar-refractivity contribution is 5.85. The summed E-state index contributed by atoms with van der Waals surface area (Å²) >= 11 is 0. The van der Waals surface area contributed by atoms with Crippen molar-refractivity contribution in [3.63, 3.8) is 0 Å². The second-order valence-corrected chi connectivity index (χ2v) is 6.67. The van der Waals surface area contributed by atoms with Gasteiger partial charge in [-0.3, -0.25) is 0 Å². The van der Waals surface area contributed by atoms with Gasteiger partial charge in [0.2, 0.25) is 0 Å². The monoisotopic (exact) mass is 264 g/mol. The molecule has 4 nitrogen and oxygen atoms in total. The summed E-state index contributed by atoms with van der Waals surface area (Å²) in [5, 5.41) is 9.16. The van der Waals surface area contributed by atoms with Gasteiger partial charge in [-0.15, -0.1) is 0 Å². The third-order valence-corrected chi connectivity index (χ3v) is 3.65. The summed E-state index contributed by atoms with van der Waals surface area (Å²) in [6.07, 6.45) is 3.96. The summed E-state index contributed by atoms with van der Waals surface area (Å²) in [5.41, 5.74) is 0.737. The molecule has 0 saturated carbocycles. The maximum atomic E-state index is 11.1. The van der Waals surface area contributed by atoms with Gasteiger partial charge < -0.3 is 14.6 Å². The van der Waals surface area contributed by atoms with Gasteiger partial charge in [0.25, 0.3) is 0 Å². The Morgan fingerprint density at radius 3 is 2.53 bits per heavy atom. The Bertz CT molecular complexity index is 437. The number of carboxylic acids is 1. The third kappa shape index (κ3) is 3.60. The molecule has 2 heterocycles. The molecule has 0 aromatic carbocycles. The summed E-state index contributed by atoms with van der Waals surface area (Å²) in [7, 11) is 0. The molecule has 0 amide bonds. The lowest BCUT2D eigenvalue weighted by molar-refractivity contribution is 0.0676. The van der Waals surface area contributed by atoms with E-state index in [-0.39, 0.29) is 0 Å². The number of aromatic carboxylic acids is 1. The van der Waals surface area contributed by atoms with Crippen LogP contribution in [-0.2, 0) is 0 Å². The number of carboxylic acid groups (broad SMARTS) is 1. The van der Waals surface area contributed by atoms with Crippen molar-refractivity contribution in [3.8, 4) is 0 Å². The van der Waals surface area contributed by atoms with Crippen molar-refractivity contribution in [2.45, 2.75) is 39.7 Å². The molecule has 1 saturated heterocycles. The van der Waals surface area contributed by atoms with Crippen LogP contribution in [0.2, 0.25) is 0 Å². The molecule has 1 N–H and O–H groups in total. The molecule has 0 spiro atoms. The molecule has 0 bridgehead atoms. The van der Waals surface area contributed by atoms with Gasteiger partial charge in [-0.05, 0) is 30.4 Å². The van der Waals surface area contributed by atoms with E-state index in [1.165, 1.54) is 0 Å². The van der Waals surface area contributed by atoms with Crippen LogP contribution in [0.1, 0.15) is 50.1 Å². The second-order valence-electron chi connectivity index (χ2n) is 6.67. The lowest BCUT2D eigenvalue weighted by atomic mass is 9.94. The van der Waals surface area contributed by atoms with Crippen LogP contribution in [0.25, 0.3) is 0 Å². The van der Waals surface area contributed by atoms with Crippen molar-refractivity contribution in [1.29, 1.82) is 0 Å². The highest BCUT2D eigenvalue weighted by atomic mass is 16.4. The average Bonchev–Trinajstić information content (AvgIpc) is 2.76. The highest BCUT2D eigenvalue weighted by Gasteiger charge is 2.25. The molecule has 1 aliphatic rings. The predicted octanol–water partition coefficient (Wildman–Crippen LogP) is 2.87. The maximum absolute atomic E-state index is 11.1. The van der Waals surface area contributed by atoms with Crippen molar-refractivity contribution < 1.29 is 9.90 Å². The van der Waals surface area contributed by atoms with E-state index < -0.39 is 5.97 Å². The Balaban J connectivity index is 1.96. The molecule has 1 fully saturated rings. The van der Waals surface area contributed by atoms with Crippen LogP contribution < -0.4 is 0 Å². The first-order valence-corrected chi connectivity index (χ1v) is 6.99. The fourth-order valence-electron chi connectivity index (χ4n) is 2.92. The van der Waals surface area contributed by atoms with Crippen molar-refractivity contribution in [3.05, 3.63) is 24.0 Å². The Morgan fingerprint density at radius 2 is 2.00 bits per heavy atom. The first kappa shape index (κ1) is 14.1. The molecule has 2 rings (SSSR count). The van der Waals surface area contributed by atoms with Gasteiger partial charge in [-0.1, -0.05) is 20.8 Å². The van der Waals surface area contributed by atoms with Crippen LogP contribution in [0, 0.1) is 5.41 Å². The van der Waals surface area contributed by atoms with Gasteiger partial charge in [0.05, 0.1) is 0 Å². The molecular weight excluding hydrogens is 240 g/mol. The van der Waals surface area contributed by atoms with Gasteiger partial charge in [-0.2, -0.15) is 0 Å². The van der Waals surface area contributed by atoms with E-state index in [4.69, 9.17) is 5.11 Å². The van der Waals surface area contributed by atoms with Crippen molar-refractivity contribution in [2.24, 2.45) is 5.41 Å². The van der Waals surface area contributed by atoms with E-state index in [1.807, 2.05) is 16.8 Å². The van der Waals surface area contributed by atoms with Gasteiger partial charge in [-0.25, -0.2) is 4.79 Å². The minimum absolute atomic E-state index is 0.326. The van der Waals surface area contributed by atoms with E-state index in [2.05, 4.69) is 25.7 Å². The lowest BCUT2D eigenvalue weighted by Crippen LogP contribution is -2.39. The van der Waals surface area contributed by atoms with Crippen LogP contribution >= 0.6 is 0 Å². The van der Waals surface area contributed by atoms with Crippen LogP contribution in [0.15, 0.2) is 18.3 Å². The number of hydrogen-bond donors (Lipinski definition) is 1. The van der Waals surface area contributed by atoms with Crippen LogP contribution in [0.4, 0.5) is 0 Å². The highest BCUT2D eigenvalue weighted by Crippen LogP contribution is 2.26. The topological polar surface area (TPSA) is 45.5 Å².